The lowest BCUT2D eigenvalue weighted by atomic mass is 10.0. The Labute approximate surface area is 87.5 Å². The maximum atomic E-state index is 11.6. The van der Waals surface area contributed by atoms with E-state index >= 15 is 0 Å². The minimum atomic E-state index is -2.90. The molecule has 1 rings (SSSR count). The molecule has 0 bridgehead atoms. The summed E-state index contributed by atoms with van der Waals surface area (Å²) in [5.41, 5.74) is 0. The van der Waals surface area contributed by atoms with Gasteiger partial charge in [0.15, 0.2) is 0 Å². The highest BCUT2D eigenvalue weighted by Gasteiger charge is 2.35. The Bertz CT molecular complexity index is 272. The Morgan fingerprint density at radius 1 is 1.43 bits per heavy atom. The van der Waals surface area contributed by atoms with E-state index in [0.717, 1.165) is 19.3 Å². The van der Waals surface area contributed by atoms with E-state index in [0.29, 0.717) is 18.2 Å². The molecule has 1 aliphatic heterocycles. The van der Waals surface area contributed by atoms with Crippen LogP contribution in [-0.2, 0) is 10.0 Å². The summed E-state index contributed by atoms with van der Waals surface area (Å²) < 4.78 is 24.8. The maximum Gasteiger partial charge on any atom is 0.214 e. The molecule has 0 aromatic heterocycles. The number of rotatable bonds is 4. The quantitative estimate of drug-likeness (QED) is 0.723. The lowest BCUT2D eigenvalue weighted by Crippen LogP contribution is -2.33. The van der Waals surface area contributed by atoms with Gasteiger partial charge in [0.05, 0.1) is 5.75 Å². The van der Waals surface area contributed by atoms with E-state index in [9.17, 15) is 8.42 Å². The number of sulfonamides is 1. The van der Waals surface area contributed by atoms with E-state index in [4.69, 9.17) is 0 Å². The van der Waals surface area contributed by atoms with Crippen molar-refractivity contribution < 1.29 is 8.42 Å². The molecule has 1 atom stereocenters. The van der Waals surface area contributed by atoms with Gasteiger partial charge in [-0.2, -0.15) is 4.31 Å². The van der Waals surface area contributed by atoms with E-state index in [1.54, 1.807) is 4.31 Å². The van der Waals surface area contributed by atoms with Gasteiger partial charge in [-0.15, -0.1) is 0 Å². The normalized spacial score (nSPS) is 27.3. The van der Waals surface area contributed by atoms with Crippen molar-refractivity contribution in [1.29, 1.82) is 0 Å². The predicted octanol–water partition coefficient (Wildman–Crippen LogP) is 1.85. The average Bonchev–Trinajstić information content (AvgIpc) is 2.37. The molecule has 0 radical (unpaired) electrons. The van der Waals surface area contributed by atoms with Crippen molar-refractivity contribution in [2.45, 2.75) is 46.1 Å². The Hall–Kier alpha value is -0.0900. The molecule has 0 aromatic carbocycles. The van der Waals surface area contributed by atoms with Crippen molar-refractivity contribution in [3.05, 3.63) is 0 Å². The Morgan fingerprint density at radius 2 is 2.07 bits per heavy atom. The number of nitrogens with zero attached hydrogens (tertiary/aromatic N) is 1. The lowest BCUT2D eigenvalue weighted by molar-refractivity contribution is 0.320. The van der Waals surface area contributed by atoms with E-state index < -0.39 is 10.0 Å². The Kier molecular flexibility index (Phi) is 3.95. The first-order chi connectivity index (χ1) is 6.47. The van der Waals surface area contributed by atoms with Crippen molar-refractivity contribution in [1.82, 2.24) is 4.31 Å². The van der Waals surface area contributed by atoms with Gasteiger partial charge in [-0.3, -0.25) is 0 Å². The second-order valence-corrected chi connectivity index (χ2v) is 6.47. The van der Waals surface area contributed by atoms with E-state index in [2.05, 4.69) is 13.8 Å². The van der Waals surface area contributed by atoms with Crippen LogP contribution in [0.5, 0.6) is 0 Å². The fraction of sp³-hybridized carbons (Fsp3) is 1.00. The highest BCUT2D eigenvalue weighted by Crippen LogP contribution is 2.25. The second kappa shape index (κ2) is 4.62. The third kappa shape index (κ3) is 2.70. The molecule has 4 heteroatoms. The first-order valence-electron chi connectivity index (χ1n) is 5.47. The summed E-state index contributed by atoms with van der Waals surface area (Å²) in [5, 5.41) is 0. The number of hydrogen-bond donors (Lipinski definition) is 0. The second-order valence-electron chi connectivity index (χ2n) is 4.43. The van der Waals surface area contributed by atoms with Gasteiger partial charge in [-0.25, -0.2) is 8.42 Å². The van der Waals surface area contributed by atoms with Crippen molar-refractivity contribution in [3.63, 3.8) is 0 Å². The van der Waals surface area contributed by atoms with Crippen molar-refractivity contribution >= 4 is 10.0 Å². The summed E-state index contributed by atoms with van der Waals surface area (Å²) in [5.74, 6) is 1.01. The summed E-state index contributed by atoms with van der Waals surface area (Å²) in [7, 11) is -2.90. The first kappa shape index (κ1) is 12.0. The fourth-order valence-electron chi connectivity index (χ4n) is 2.04. The minimum Gasteiger partial charge on any atom is -0.212 e. The molecule has 0 aliphatic carbocycles. The van der Waals surface area contributed by atoms with Crippen LogP contribution in [-0.4, -0.2) is 31.1 Å². The van der Waals surface area contributed by atoms with Crippen LogP contribution in [0.15, 0.2) is 0 Å². The van der Waals surface area contributed by atoms with E-state index in [1.807, 2.05) is 6.92 Å². The highest BCUT2D eigenvalue weighted by atomic mass is 32.2. The zero-order chi connectivity index (χ0) is 10.8. The third-order valence-corrected chi connectivity index (χ3v) is 4.89. The Morgan fingerprint density at radius 3 is 2.57 bits per heavy atom. The summed E-state index contributed by atoms with van der Waals surface area (Å²) in [6.45, 7) is 6.91. The standard InChI is InChI=1S/C10H21NO2S/c1-4-11-10(6-5-9(2)3)7-8-14(11,12)13/h9-10H,4-8H2,1-3H3. The SMILES string of the molecule is CCN1C(CCC(C)C)CCS1(=O)=O. The monoisotopic (exact) mass is 219 g/mol. The predicted molar refractivity (Wildman–Crippen MR) is 58.6 cm³/mol. The zero-order valence-corrected chi connectivity index (χ0v) is 10.2. The van der Waals surface area contributed by atoms with Gasteiger partial charge in [-0.1, -0.05) is 20.8 Å². The van der Waals surface area contributed by atoms with Crippen LogP contribution in [0.2, 0.25) is 0 Å². The molecule has 1 aliphatic rings. The summed E-state index contributed by atoms with van der Waals surface area (Å²) >= 11 is 0. The summed E-state index contributed by atoms with van der Waals surface area (Å²) in [6, 6.07) is 0.271. The van der Waals surface area contributed by atoms with Gasteiger partial charge >= 0.3 is 0 Å². The van der Waals surface area contributed by atoms with Crippen LogP contribution in [0.1, 0.15) is 40.0 Å². The first-order valence-corrected chi connectivity index (χ1v) is 7.07. The van der Waals surface area contributed by atoms with E-state index in [-0.39, 0.29) is 6.04 Å². The van der Waals surface area contributed by atoms with Gasteiger partial charge in [0, 0.05) is 12.6 Å². The largest absolute Gasteiger partial charge is 0.214 e. The molecule has 0 saturated carbocycles. The molecular formula is C10H21NO2S. The molecule has 1 unspecified atom stereocenters. The van der Waals surface area contributed by atoms with Crippen molar-refractivity contribution in [3.8, 4) is 0 Å². The van der Waals surface area contributed by atoms with Gasteiger partial charge in [0.2, 0.25) is 10.0 Å². The topological polar surface area (TPSA) is 37.4 Å². The minimum absolute atomic E-state index is 0.271. The van der Waals surface area contributed by atoms with Crippen LogP contribution < -0.4 is 0 Å². The molecule has 84 valence electrons. The molecule has 1 fully saturated rings. The maximum absolute atomic E-state index is 11.6. The van der Waals surface area contributed by atoms with Crippen LogP contribution in [0, 0.1) is 5.92 Å². The summed E-state index contributed by atoms with van der Waals surface area (Å²) in [4.78, 5) is 0. The Balaban J connectivity index is 2.55. The van der Waals surface area contributed by atoms with Crippen LogP contribution in [0.25, 0.3) is 0 Å². The molecule has 1 saturated heterocycles. The molecule has 0 spiro atoms. The smallest absolute Gasteiger partial charge is 0.212 e. The van der Waals surface area contributed by atoms with Gasteiger partial charge in [0.1, 0.15) is 0 Å². The number of hydrogen-bond acceptors (Lipinski definition) is 2. The lowest BCUT2D eigenvalue weighted by Gasteiger charge is -2.21. The van der Waals surface area contributed by atoms with Gasteiger partial charge in [0.25, 0.3) is 0 Å². The zero-order valence-electron chi connectivity index (χ0n) is 9.36. The van der Waals surface area contributed by atoms with E-state index in [1.165, 1.54) is 0 Å². The molecule has 0 aromatic rings. The molecular weight excluding hydrogens is 198 g/mol. The fourth-order valence-corrected chi connectivity index (χ4v) is 3.91. The highest BCUT2D eigenvalue weighted by molar-refractivity contribution is 7.89. The molecule has 1 heterocycles. The van der Waals surface area contributed by atoms with Gasteiger partial charge in [-0.05, 0) is 25.2 Å². The third-order valence-electron chi connectivity index (χ3n) is 2.86. The molecule has 0 amide bonds. The van der Waals surface area contributed by atoms with Crippen LogP contribution >= 0.6 is 0 Å². The molecule has 14 heavy (non-hydrogen) atoms. The molecule has 0 N–H and O–H groups in total. The van der Waals surface area contributed by atoms with Crippen molar-refractivity contribution in [2.24, 2.45) is 5.92 Å². The van der Waals surface area contributed by atoms with Crippen molar-refractivity contribution in [2.75, 3.05) is 12.3 Å². The van der Waals surface area contributed by atoms with Crippen LogP contribution in [0.4, 0.5) is 0 Å². The van der Waals surface area contributed by atoms with Gasteiger partial charge < -0.3 is 0 Å². The molecule has 3 nitrogen and oxygen atoms in total. The summed E-state index contributed by atoms with van der Waals surface area (Å²) in [6.07, 6.45) is 2.96. The average molecular weight is 219 g/mol. The van der Waals surface area contributed by atoms with Crippen LogP contribution in [0.3, 0.4) is 0 Å².